The molecular weight excluding hydrogens is 881 g/mol. The van der Waals surface area contributed by atoms with Crippen LogP contribution in [-0.4, -0.2) is 0 Å². The van der Waals surface area contributed by atoms with Crippen LogP contribution in [0.15, 0.2) is 292 Å². The molecule has 1 spiro atoms. The summed E-state index contributed by atoms with van der Waals surface area (Å²) in [5.74, 6) is 0. The van der Waals surface area contributed by atoms with E-state index >= 15 is 0 Å². The number of hydrogen-bond acceptors (Lipinski definition) is 2. The summed E-state index contributed by atoms with van der Waals surface area (Å²) in [6.45, 7) is 8.05. The van der Waals surface area contributed by atoms with Crippen molar-refractivity contribution < 1.29 is 0 Å². The van der Waals surface area contributed by atoms with Crippen molar-refractivity contribution in [1.29, 1.82) is 0 Å². The molecule has 0 heterocycles. The minimum Gasteiger partial charge on any atom is -0.310 e. The molecule has 0 unspecified atom stereocenters. The molecule has 0 atom stereocenters. The van der Waals surface area contributed by atoms with E-state index in [1.54, 1.807) is 0 Å². The van der Waals surface area contributed by atoms with Gasteiger partial charge in [-0.1, -0.05) is 232 Å². The zero-order valence-corrected chi connectivity index (χ0v) is 40.4. The summed E-state index contributed by atoms with van der Waals surface area (Å²) in [5.41, 5.74) is 22.9. The van der Waals surface area contributed by atoms with E-state index in [9.17, 15) is 0 Å². The van der Waals surface area contributed by atoms with Crippen LogP contribution in [-0.2, 0) is 5.41 Å². The van der Waals surface area contributed by atoms with Crippen LogP contribution < -0.4 is 9.80 Å². The van der Waals surface area contributed by atoms with E-state index in [2.05, 4.69) is 284 Å². The molecule has 0 radical (unpaired) electrons. The summed E-state index contributed by atoms with van der Waals surface area (Å²) in [6.07, 6.45) is 5.70. The summed E-state index contributed by atoms with van der Waals surface area (Å²) >= 11 is 0. The Morgan fingerprint density at radius 3 is 1.53 bits per heavy atom. The highest BCUT2D eigenvalue weighted by Crippen LogP contribution is 2.65. The van der Waals surface area contributed by atoms with E-state index in [1.165, 1.54) is 72.0 Å². The van der Waals surface area contributed by atoms with Gasteiger partial charge in [0.05, 0.1) is 11.1 Å². The SMILES string of the molecule is C=C/C=C(\C=C)c1ccc(N(c2ccccc2)c2ccc(-c3cccc4c3-c3c(ccc5ccccc35)C43c4ccccc4-c4ccccc43)c(N(c3ccccc3)c3ccc(-c4ccccc4)cc3)c2)cc1. The van der Waals surface area contributed by atoms with Crippen LogP contribution in [0.4, 0.5) is 34.1 Å². The third kappa shape index (κ3) is 7.02. The van der Waals surface area contributed by atoms with Crippen LogP contribution in [0.25, 0.3) is 60.9 Å². The summed E-state index contributed by atoms with van der Waals surface area (Å²) in [5, 5.41) is 2.48. The summed E-state index contributed by atoms with van der Waals surface area (Å²) in [4.78, 5) is 4.81. The van der Waals surface area contributed by atoms with Crippen molar-refractivity contribution in [3.8, 4) is 44.5 Å². The Labute approximate surface area is 428 Å². The highest BCUT2D eigenvalue weighted by atomic mass is 15.2. The first kappa shape index (κ1) is 43.5. The molecule has 0 N–H and O–H groups in total. The van der Waals surface area contributed by atoms with Crippen LogP contribution in [0.1, 0.15) is 27.8 Å². The lowest BCUT2D eigenvalue weighted by Crippen LogP contribution is -2.25. The average molecular weight is 931 g/mol. The topological polar surface area (TPSA) is 6.48 Å². The van der Waals surface area contributed by atoms with Crippen molar-refractivity contribution in [3.05, 3.63) is 320 Å². The van der Waals surface area contributed by atoms with Gasteiger partial charge in [-0.2, -0.15) is 0 Å². The van der Waals surface area contributed by atoms with E-state index in [0.29, 0.717) is 0 Å². The maximum absolute atomic E-state index is 4.10. The van der Waals surface area contributed by atoms with Crippen LogP contribution in [0.2, 0.25) is 0 Å². The van der Waals surface area contributed by atoms with Crippen molar-refractivity contribution in [2.45, 2.75) is 5.41 Å². The Bertz CT molecular complexity index is 3880. The fraction of sp³-hybridized carbons (Fsp3) is 0.0141. The highest BCUT2D eigenvalue weighted by molar-refractivity contribution is 6.11. The zero-order valence-electron chi connectivity index (χ0n) is 40.4. The predicted octanol–water partition coefficient (Wildman–Crippen LogP) is 19.2. The van der Waals surface area contributed by atoms with E-state index in [0.717, 1.165) is 50.8 Å². The number of para-hydroxylation sites is 2. The van der Waals surface area contributed by atoms with Gasteiger partial charge in [-0.05, 0) is 144 Å². The lowest BCUT2D eigenvalue weighted by atomic mass is 9.70. The second-order valence-corrected chi connectivity index (χ2v) is 18.8. The number of anilines is 6. The maximum Gasteiger partial charge on any atom is 0.0725 e. The number of fused-ring (bicyclic) bond motifs is 12. The average Bonchev–Trinajstić information content (AvgIpc) is 3.95. The monoisotopic (exact) mass is 930 g/mol. The van der Waals surface area contributed by atoms with Gasteiger partial charge in [0.2, 0.25) is 0 Å². The number of nitrogens with zero attached hydrogens (tertiary/aromatic N) is 2. The fourth-order valence-electron chi connectivity index (χ4n) is 11.9. The minimum absolute atomic E-state index is 0.521. The normalized spacial score (nSPS) is 12.7. The number of allylic oxidation sites excluding steroid dienone is 4. The molecule has 0 saturated heterocycles. The molecule has 0 bridgehead atoms. The largest absolute Gasteiger partial charge is 0.310 e. The lowest BCUT2D eigenvalue weighted by molar-refractivity contribution is 0.794. The summed E-state index contributed by atoms with van der Waals surface area (Å²) in [7, 11) is 0. The van der Waals surface area contributed by atoms with E-state index in [4.69, 9.17) is 0 Å². The third-order valence-electron chi connectivity index (χ3n) is 15.0. The quantitative estimate of drug-likeness (QED) is 0.119. The van der Waals surface area contributed by atoms with Crippen molar-refractivity contribution in [2.75, 3.05) is 9.80 Å². The molecule has 11 aromatic carbocycles. The molecule has 2 nitrogen and oxygen atoms in total. The Morgan fingerprint density at radius 1 is 0.356 bits per heavy atom. The zero-order chi connectivity index (χ0) is 48.9. The van der Waals surface area contributed by atoms with Gasteiger partial charge in [0.1, 0.15) is 0 Å². The molecule has 2 aliphatic carbocycles. The van der Waals surface area contributed by atoms with Gasteiger partial charge in [0, 0.05) is 34.0 Å². The Kier molecular flexibility index (Phi) is 10.7. The first-order valence-electron chi connectivity index (χ1n) is 25.1. The van der Waals surface area contributed by atoms with Crippen molar-refractivity contribution in [1.82, 2.24) is 0 Å². The molecule has 73 heavy (non-hydrogen) atoms. The third-order valence-corrected chi connectivity index (χ3v) is 15.0. The van der Waals surface area contributed by atoms with Crippen molar-refractivity contribution >= 4 is 50.5 Å². The summed E-state index contributed by atoms with van der Waals surface area (Å²) < 4.78 is 0. The van der Waals surface area contributed by atoms with Gasteiger partial charge in [-0.25, -0.2) is 0 Å². The molecule has 11 aromatic rings. The second kappa shape index (κ2) is 18.0. The van der Waals surface area contributed by atoms with Crippen molar-refractivity contribution in [2.24, 2.45) is 0 Å². The van der Waals surface area contributed by atoms with Crippen LogP contribution in [0, 0.1) is 0 Å². The van der Waals surface area contributed by atoms with Crippen LogP contribution in [0.3, 0.4) is 0 Å². The molecule has 0 amide bonds. The first-order valence-corrected chi connectivity index (χ1v) is 25.1. The van der Waals surface area contributed by atoms with E-state index in [1.807, 2.05) is 18.2 Å². The Morgan fingerprint density at radius 2 is 0.863 bits per heavy atom. The van der Waals surface area contributed by atoms with Gasteiger partial charge in [0.25, 0.3) is 0 Å². The van der Waals surface area contributed by atoms with Gasteiger partial charge in [-0.3, -0.25) is 0 Å². The van der Waals surface area contributed by atoms with E-state index < -0.39 is 5.41 Å². The molecule has 0 fully saturated rings. The number of benzene rings is 11. The van der Waals surface area contributed by atoms with Crippen LogP contribution >= 0.6 is 0 Å². The molecule has 0 saturated carbocycles. The smallest absolute Gasteiger partial charge is 0.0725 e. The lowest BCUT2D eigenvalue weighted by Gasteiger charge is -2.32. The molecule has 0 aliphatic heterocycles. The fourth-order valence-corrected chi connectivity index (χ4v) is 11.9. The van der Waals surface area contributed by atoms with Crippen molar-refractivity contribution in [3.63, 3.8) is 0 Å². The van der Waals surface area contributed by atoms with E-state index in [-0.39, 0.29) is 0 Å². The number of hydrogen-bond donors (Lipinski definition) is 0. The standard InChI is InChI=1S/C71H50N2/c1-3-21-49(4-2)51-36-41-56(42-37-51)72(54-25-10-6-11-26-54)58-45-46-62(68(48-58)73(55-27-12-7-13-28-55)57-43-38-52(39-44-57)50-22-8-5-9-23-50)63-32-20-35-66-70(63)69-59-29-15-14-24-53(59)40-47-67(69)71(66)64-33-18-16-30-60(64)61-31-17-19-34-65(61)71/h3-48H,1-2H2/b49-21+. The second-order valence-electron chi connectivity index (χ2n) is 18.8. The number of rotatable bonds is 11. The maximum atomic E-state index is 4.10. The Balaban J connectivity index is 1.11. The molecule has 0 aromatic heterocycles. The summed E-state index contributed by atoms with van der Waals surface area (Å²) in [6, 6.07) is 95.9. The van der Waals surface area contributed by atoms with Gasteiger partial charge in [0.15, 0.2) is 0 Å². The molecule has 13 rings (SSSR count). The molecule has 2 heteroatoms. The van der Waals surface area contributed by atoms with Gasteiger partial charge >= 0.3 is 0 Å². The molecule has 2 aliphatic rings. The molecule has 344 valence electrons. The Hall–Kier alpha value is -9.50. The van der Waals surface area contributed by atoms with Gasteiger partial charge < -0.3 is 9.80 Å². The highest BCUT2D eigenvalue weighted by Gasteiger charge is 2.52. The molecular formula is C71H50N2. The van der Waals surface area contributed by atoms with Crippen LogP contribution in [0.5, 0.6) is 0 Å². The minimum atomic E-state index is -0.521. The first-order chi connectivity index (χ1) is 36.1. The predicted molar refractivity (Wildman–Crippen MR) is 309 cm³/mol. The van der Waals surface area contributed by atoms with Gasteiger partial charge in [-0.15, -0.1) is 0 Å².